The van der Waals surface area contributed by atoms with Gasteiger partial charge in [0, 0.05) is 84.4 Å². The lowest BCUT2D eigenvalue weighted by molar-refractivity contribution is -0.135. The lowest BCUT2D eigenvalue weighted by Crippen LogP contribution is -2.43. The van der Waals surface area contributed by atoms with Crippen molar-refractivity contribution in [3.05, 3.63) is 153 Å². The Kier molecular flexibility index (Phi) is 13.1. The van der Waals surface area contributed by atoms with Crippen LogP contribution < -0.4 is 15.4 Å². The number of nitrogens with one attached hydrogen (secondary N) is 4. The molecule has 372 valence electrons. The topological polar surface area (TPSA) is 200 Å². The number of aromatic amines is 2. The summed E-state index contributed by atoms with van der Waals surface area (Å²) in [5.74, 6) is 3.49. The van der Waals surface area contributed by atoms with Gasteiger partial charge in [0.1, 0.15) is 23.4 Å². The summed E-state index contributed by atoms with van der Waals surface area (Å²) < 4.78 is 6.53. The van der Waals surface area contributed by atoms with Gasteiger partial charge < -0.3 is 50.9 Å². The van der Waals surface area contributed by atoms with Crippen molar-refractivity contribution in [1.82, 2.24) is 15.3 Å². The van der Waals surface area contributed by atoms with Crippen LogP contribution in [-0.4, -0.2) is 91.1 Å². The Labute approximate surface area is 420 Å². The minimum absolute atomic E-state index is 0.00505. The Morgan fingerprint density at radius 3 is 2.54 bits per heavy atom. The number of phenols is 2. The van der Waals surface area contributed by atoms with Crippen molar-refractivity contribution in [2.24, 2.45) is 17.8 Å². The average molecular weight is 969 g/mol. The fraction of sp³-hybridized carbons (Fsp3) is 0.400. The molecule has 12 rings (SSSR count). The van der Waals surface area contributed by atoms with Crippen LogP contribution in [0, 0.1) is 29.6 Å². The van der Waals surface area contributed by atoms with Crippen molar-refractivity contribution in [3.63, 3.8) is 0 Å². The number of phenolic OH excluding ortho intramolecular Hbond substituents is 2. The van der Waals surface area contributed by atoms with Crippen LogP contribution in [-0.2, 0) is 28.9 Å². The van der Waals surface area contributed by atoms with Gasteiger partial charge in [-0.1, -0.05) is 72.5 Å². The van der Waals surface area contributed by atoms with Crippen molar-refractivity contribution in [3.8, 4) is 29.1 Å². The Balaban J connectivity index is 1.10. The van der Waals surface area contributed by atoms with Crippen LogP contribution in [0.25, 0.3) is 12.2 Å². The molecule has 1 fully saturated rings. The van der Waals surface area contributed by atoms with Crippen LogP contribution in [0.2, 0.25) is 0 Å². The molecule has 0 saturated heterocycles. The van der Waals surface area contributed by atoms with E-state index >= 15 is 4.79 Å². The Bertz CT molecular complexity index is 3050. The zero-order valence-corrected chi connectivity index (χ0v) is 40.7. The molecule has 0 amide bonds. The number of aryl methyl sites for hydroxylation is 2. The van der Waals surface area contributed by atoms with Gasteiger partial charge in [-0.05, 0) is 134 Å². The molecule has 0 spiro atoms. The number of Topliss-reactive ketones (excluding diaryl/α,β-unsaturated/α-hetero) is 2. The second-order valence-corrected chi connectivity index (χ2v) is 21.0. The number of aliphatic hydroxyl groups excluding tert-OH is 2. The molecule has 4 aliphatic carbocycles. The summed E-state index contributed by atoms with van der Waals surface area (Å²) in [4.78, 5) is 37.9. The van der Waals surface area contributed by atoms with E-state index in [-0.39, 0.29) is 60.8 Å². The number of hydrogen-bond donors (Lipinski definition) is 9. The lowest BCUT2D eigenvalue weighted by Gasteiger charge is -2.40. The molecule has 3 aromatic carbocycles. The summed E-state index contributed by atoms with van der Waals surface area (Å²) in [6.07, 6.45) is 17.7. The number of fused-ring (bicyclic) bond motifs is 8. The summed E-state index contributed by atoms with van der Waals surface area (Å²) >= 11 is 0. The van der Waals surface area contributed by atoms with E-state index in [1.54, 1.807) is 24.3 Å². The molecule has 7 bridgehead atoms. The molecule has 0 unspecified atom stereocenters. The molecule has 12 nitrogen and oxygen atoms in total. The molecule has 9 N–H and O–H groups in total. The number of benzene rings is 3. The van der Waals surface area contributed by atoms with E-state index in [0.29, 0.717) is 54.1 Å². The second-order valence-electron chi connectivity index (χ2n) is 21.0. The molecular weight excluding hydrogens is 905 g/mol. The third-order valence-corrected chi connectivity index (χ3v) is 16.4. The van der Waals surface area contributed by atoms with Gasteiger partial charge in [0.15, 0.2) is 17.3 Å². The van der Waals surface area contributed by atoms with Crippen molar-refractivity contribution in [2.75, 3.05) is 25.5 Å². The molecule has 5 heterocycles. The second kappa shape index (κ2) is 19.8. The predicted octanol–water partition coefficient (Wildman–Crippen LogP) is 8.11. The van der Waals surface area contributed by atoms with E-state index in [2.05, 4.69) is 62.8 Å². The minimum atomic E-state index is -1.44. The maximum absolute atomic E-state index is 16.1. The first kappa shape index (κ1) is 47.7. The van der Waals surface area contributed by atoms with Crippen molar-refractivity contribution in [2.45, 2.75) is 112 Å². The van der Waals surface area contributed by atoms with Crippen LogP contribution in [0.1, 0.15) is 125 Å². The number of aromatic hydroxyl groups is 2. The Hall–Kier alpha value is -6.62. The molecule has 5 aromatic rings. The fourth-order valence-electron chi connectivity index (χ4n) is 12.7. The quantitative estimate of drug-likeness (QED) is 0.0416. The van der Waals surface area contributed by atoms with E-state index < -0.39 is 53.9 Å². The van der Waals surface area contributed by atoms with Crippen LogP contribution >= 0.6 is 0 Å². The molecule has 72 heavy (non-hydrogen) atoms. The molecular formula is C60H64N4O8. The Morgan fingerprint density at radius 2 is 1.71 bits per heavy atom. The number of aromatic nitrogens is 2. The summed E-state index contributed by atoms with van der Waals surface area (Å²) in [7, 11) is 1.83. The smallest absolute Gasteiger partial charge is 0.161 e. The number of ketones is 2. The first-order valence-electron chi connectivity index (χ1n) is 25.9. The molecule has 12 heteroatoms. The summed E-state index contributed by atoms with van der Waals surface area (Å²) in [5.41, 5.74) is 7.60. The zero-order chi connectivity index (χ0) is 49.7. The van der Waals surface area contributed by atoms with E-state index in [9.17, 15) is 30.3 Å². The number of ether oxygens (including phenoxy) is 1. The number of anilines is 1. The molecule has 2 aromatic heterocycles. The average Bonchev–Trinajstić information content (AvgIpc) is 4.16. The molecule has 7 aliphatic rings. The van der Waals surface area contributed by atoms with Gasteiger partial charge in [-0.15, -0.1) is 0 Å². The highest BCUT2D eigenvalue weighted by Crippen LogP contribution is 2.50. The Morgan fingerprint density at radius 1 is 0.875 bits per heavy atom. The monoisotopic (exact) mass is 968 g/mol. The maximum atomic E-state index is 16.1. The molecule has 1 saturated carbocycles. The number of rotatable bonds is 8. The van der Waals surface area contributed by atoms with E-state index in [1.807, 2.05) is 55.8 Å². The zero-order valence-electron chi connectivity index (χ0n) is 40.7. The molecule has 3 aliphatic heterocycles. The number of hydrogen-bond acceptors (Lipinski definition) is 10. The van der Waals surface area contributed by atoms with Gasteiger partial charge >= 0.3 is 0 Å². The summed E-state index contributed by atoms with van der Waals surface area (Å²) in [6.45, 7) is -0.0372. The normalized spacial score (nSPS) is 27.8. The highest BCUT2D eigenvalue weighted by Gasteiger charge is 2.47. The lowest BCUT2D eigenvalue weighted by atomic mass is 9.65. The first-order chi connectivity index (χ1) is 35.0. The van der Waals surface area contributed by atoms with E-state index in [0.717, 1.165) is 70.3 Å². The van der Waals surface area contributed by atoms with Crippen LogP contribution in [0.3, 0.4) is 0 Å². The number of carbonyl (C=O) groups excluding carboxylic acids is 2. The highest BCUT2D eigenvalue weighted by molar-refractivity contribution is 6.05. The van der Waals surface area contributed by atoms with Gasteiger partial charge in [0.2, 0.25) is 0 Å². The first-order valence-corrected chi connectivity index (χ1v) is 25.9. The predicted molar refractivity (Wildman–Crippen MR) is 277 cm³/mol. The summed E-state index contributed by atoms with van der Waals surface area (Å²) in [5, 5.41) is 65.9. The van der Waals surface area contributed by atoms with Gasteiger partial charge in [-0.2, -0.15) is 0 Å². The van der Waals surface area contributed by atoms with Gasteiger partial charge in [0.05, 0.1) is 29.6 Å². The molecule has 0 radical (unpaired) electrons. The molecule has 9 atom stereocenters. The summed E-state index contributed by atoms with van der Waals surface area (Å²) in [6, 6.07) is 18.6. The van der Waals surface area contributed by atoms with Crippen molar-refractivity contribution in [1.29, 1.82) is 0 Å². The third kappa shape index (κ3) is 9.02. The number of carbonyl (C=O) groups is 2. The van der Waals surface area contributed by atoms with Crippen molar-refractivity contribution < 1.29 is 39.9 Å². The minimum Gasteiger partial charge on any atom is -0.507 e. The van der Waals surface area contributed by atoms with Gasteiger partial charge in [-0.25, -0.2) is 0 Å². The van der Waals surface area contributed by atoms with Gasteiger partial charge in [-0.3, -0.25) is 9.59 Å². The number of H-pyrrole nitrogens is 2. The highest BCUT2D eigenvalue weighted by atomic mass is 16.5. The van der Waals surface area contributed by atoms with Gasteiger partial charge in [0.25, 0.3) is 0 Å². The maximum Gasteiger partial charge on any atom is 0.161 e. The third-order valence-electron chi connectivity index (χ3n) is 16.4. The van der Waals surface area contributed by atoms with Crippen LogP contribution in [0.4, 0.5) is 5.82 Å². The number of allylic oxidation sites excluding steroid dienone is 1. The van der Waals surface area contributed by atoms with E-state index in [1.165, 1.54) is 0 Å². The standard InChI is InChI=1S/C60H64N4O8/c1-61-33-37-11-15-50-48-31-51-43(19-24-62-51)49(32-60(71)22-17-36-5-4-8-52(66)40(36)18-23-60)55(48)58(70)46(21-26-65)53(67)16-10-35-28-38(57(69)54(30-35)72-39-6-2-3-7-39)27-34-9-12-41-44(56(37)68)14-13-42(47(41)29-34)45-20-25-63-59(45)64-50/h4-5,8-9,12-14,18-20,23-25,28-31,37,39,42,44,46,49-50,55-56,61-66,68-69,71H,2-3,6-7,10,16-17,21-22,26-27,32-33H2,1H3/t37-,42+,44-,46-,49-,50-,55-,56-,60-/m1/s1. The van der Waals surface area contributed by atoms with Crippen molar-refractivity contribution >= 4 is 29.5 Å². The number of aliphatic hydroxyl groups is 3. The fourth-order valence-corrected chi connectivity index (χ4v) is 12.7. The SMILES string of the molecule is CNC[C@H]1C#C[C@H]2Nc3[nH]ccc3[C@@H]3C=C[C@H](c4ccc(cc43)Cc3cc(cc(OC4CCCC4)c3O)CCC(=O)[C@@H](CCO)C(=O)[C@@H]3C2=Cc2[nH]ccc2[C@H]3C[C@]2(O)C=Cc3c(O)cccc3CC2)[C@@H]1O. The largest absolute Gasteiger partial charge is 0.507 e. The van der Waals surface area contributed by atoms with Crippen LogP contribution in [0.5, 0.6) is 17.2 Å². The van der Waals surface area contributed by atoms with Crippen LogP contribution in [0.15, 0.2) is 96.9 Å². The van der Waals surface area contributed by atoms with E-state index in [4.69, 9.17) is 4.74 Å².